The summed E-state index contributed by atoms with van der Waals surface area (Å²) in [7, 11) is 1.32. The van der Waals surface area contributed by atoms with Gasteiger partial charge in [0.15, 0.2) is 0 Å². The third-order valence-electron chi connectivity index (χ3n) is 1.50. The summed E-state index contributed by atoms with van der Waals surface area (Å²) >= 11 is 0. The molecule has 0 saturated heterocycles. The van der Waals surface area contributed by atoms with Crippen molar-refractivity contribution in [2.24, 2.45) is 0 Å². The highest BCUT2D eigenvalue weighted by atomic mass is 19.3. The van der Waals surface area contributed by atoms with Crippen molar-refractivity contribution < 1.29 is 13.5 Å². The molecule has 1 rings (SSSR count). The molecule has 1 fully saturated rings. The van der Waals surface area contributed by atoms with Gasteiger partial charge in [0.25, 0.3) is 5.92 Å². The SMILES string of the molecule is COC1CCC1(F)F. The van der Waals surface area contributed by atoms with Gasteiger partial charge in [0, 0.05) is 13.5 Å². The normalized spacial score (nSPS) is 34.1. The van der Waals surface area contributed by atoms with Crippen LogP contribution >= 0.6 is 0 Å². The van der Waals surface area contributed by atoms with Crippen LogP contribution in [0.1, 0.15) is 12.8 Å². The maximum atomic E-state index is 12.1. The van der Waals surface area contributed by atoms with Gasteiger partial charge in [-0.2, -0.15) is 0 Å². The Morgan fingerprint density at radius 1 is 1.62 bits per heavy atom. The van der Waals surface area contributed by atoms with E-state index in [1.54, 1.807) is 0 Å². The molecule has 1 aliphatic carbocycles. The molecule has 0 radical (unpaired) electrons. The van der Waals surface area contributed by atoms with Gasteiger partial charge in [0.1, 0.15) is 6.10 Å². The molecule has 0 amide bonds. The first-order valence-electron chi connectivity index (χ1n) is 2.57. The summed E-state index contributed by atoms with van der Waals surface area (Å²) in [6.45, 7) is 0. The molecule has 1 aliphatic rings. The summed E-state index contributed by atoms with van der Waals surface area (Å²) < 4.78 is 28.6. The van der Waals surface area contributed by atoms with Gasteiger partial charge >= 0.3 is 0 Å². The maximum absolute atomic E-state index is 12.1. The second-order valence-corrected chi connectivity index (χ2v) is 2.02. The van der Waals surface area contributed by atoms with E-state index in [-0.39, 0.29) is 6.42 Å². The number of methoxy groups -OCH3 is 1. The quantitative estimate of drug-likeness (QED) is 0.511. The summed E-state index contributed by atoms with van der Waals surface area (Å²) in [6, 6.07) is 0. The fourth-order valence-electron chi connectivity index (χ4n) is 0.771. The standard InChI is InChI=1S/C5H8F2O/c1-8-4-2-3-5(4,6)7/h4H,2-3H2,1H3. The monoisotopic (exact) mass is 122 g/mol. The first kappa shape index (κ1) is 5.95. The molecular formula is C5H8F2O. The lowest BCUT2D eigenvalue weighted by atomic mass is 9.91. The maximum Gasteiger partial charge on any atom is 0.273 e. The fourth-order valence-corrected chi connectivity index (χ4v) is 0.771. The smallest absolute Gasteiger partial charge is 0.273 e. The summed E-state index contributed by atoms with van der Waals surface area (Å²) in [5.74, 6) is -2.53. The zero-order valence-electron chi connectivity index (χ0n) is 4.66. The predicted molar refractivity (Wildman–Crippen MR) is 25.0 cm³/mol. The minimum atomic E-state index is -2.53. The van der Waals surface area contributed by atoms with Crippen LogP contribution in [0.25, 0.3) is 0 Å². The van der Waals surface area contributed by atoms with E-state index in [4.69, 9.17) is 0 Å². The molecule has 1 unspecified atom stereocenters. The lowest BCUT2D eigenvalue weighted by Gasteiger charge is -2.34. The average Bonchev–Trinajstić information content (AvgIpc) is 1.66. The first-order valence-corrected chi connectivity index (χ1v) is 2.57. The van der Waals surface area contributed by atoms with Gasteiger partial charge in [-0.1, -0.05) is 0 Å². The van der Waals surface area contributed by atoms with E-state index in [1.807, 2.05) is 0 Å². The number of halogens is 2. The van der Waals surface area contributed by atoms with Crippen molar-refractivity contribution in [3.05, 3.63) is 0 Å². The van der Waals surface area contributed by atoms with Crippen molar-refractivity contribution in [2.75, 3.05) is 7.11 Å². The molecule has 0 aliphatic heterocycles. The lowest BCUT2D eigenvalue weighted by molar-refractivity contribution is -0.188. The Morgan fingerprint density at radius 2 is 2.25 bits per heavy atom. The Labute approximate surface area is 46.6 Å². The van der Waals surface area contributed by atoms with Crippen LogP contribution in [0.2, 0.25) is 0 Å². The minimum absolute atomic E-state index is 0.00843. The third-order valence-corrected chi connectivity index (χ3v) is 1.50. The molecule has 8 heavy (non-hydrogen) atoms. The highest BCUT2D eigenvalue weighted by Gasteiger charge is 2.48. The van der Waals surface area contributed by atoms with Crippen LogP contribution in [0.3, 0.4) is 0 Å². The molecule has 3 heteroatoms. The molecule has 0 aromatic carbocycles. The second-order valence-electron chi connectivity index (χ2n) is 2.02. The highest BCUT2D eigenvalue weighted by Crippen LogP contribution is 2.39. The Bertz CT molecular complexity index is 90.4. The van der Waals surface area contributed by atoms with E-state index < -0.39 is 12.0 Å². The molecule has 48 valence electrons. The molecule has 1 atom stereocenters. The molecule has 0 bridgehead atoms. The van der Waals surface area contributed by atoms with Gasteiger partial charge in [0.05, 0.1) is 0 Å². The number of ether oxygens (including phenoxy) is 1. The van der Waals surface area contributed by atoms with E-state index in [0.717, 1.165) is 0 Å². The Kier molecular flexibility index (Phi) is 1.23. The van der Waals surface area contributed by atoms with Crippen molar-refractivity contribution >= 4 is 0 Å². The molecule has 0 aromatic rings. The summed E-state index contributed by atoms with van der Waals surface area (Å²) in [5.41, 5.74) is 0. The fraction of sp³-hybridized carbons (Fsp3) is 1.00. The minimum Gasteiger partial charge on any atom is -0.375 e. The predicted octanol–water partition coefficient (Wildman–Crippen LogP) is 1.43. The number of rotatable bonds is 1. The largest absolute Gasteiger partial charge is 0.375 e. The Hall–Kier alpha value is -0.180. The zero-order chi connectivity index (χ0) is 6.20. The lowest BCUT2D eigenvalue weighted by Crippen LogP contribution is -2.44. The number of hydrogen-bond donors (Lipinski definition) is 0. The van der Waals surface area contributed by atoms with Crippen LogP contribution in [0.15, 0.2) is 0 Å². The summed E-state index contributed by atoms with van der Waals surface area (Å²) in [4.78, 5) is 0. The Morgan fingerprint density at radius 3 is 2.25 bits per heavy atom. The van der Waals surface area contributed by atoms with Gasteiger partial charge < -0.3 is 4.74 Å². The van der Waals surface area contributed by atoms with Crippen LogP contribution < -0.4 is 0 Å². The Balaban J connectivity index is 2.37. The van der Waals surface area contributed by atoms with Gasteiger partial charge in [-0.05, 0) is 6.42 Å². The van der Waals surface area contributed by atoms with Crippen LogP contribution in [0, 0.1) is 0 Å². The number of hydrogen-bond acceptors (Lipinski definition) is 1. The van der Waals surface area contributed by atoms with Crippen molar-refractivity contribution in [1.29, 1.82) is 0 Å². The van der Waals surface area contributed by atoms with Crippen molar-refractivity contribution in [3.63, 3.8) is 0 Å². The van der Waals surface area contributed by atoms with E-state index in [1.165, 1.54) is 7.11 Å². The summed E-state index contributed by atoms with van der Waals surface area (Å²) in [5, 5.41) is 0. The molecule has 1 saturated carbocycles. The number of alkyl halides is 2. The van der Waals surface area contributed by atoms with E-state index in [9.17, 15) is 8.78 Å². The first-order chi connectivity index (χ1) is 3.67. The topological polar surface area (TPSA) is 9.23 Å². The van der Waals surface area contributed by atoms with Crippen molar-refractivity contribution in [2.45, 2.75) is 24.9 Å². The highest BCUT2D eigenvalue weighted by molar-refractivity contribution is 4.88. The van der Waals surface area contributed by atoms with Crippen molar-refractivity contribution in [1.82, 2.24) is 0 Å². The second kappa shape index (κ2) is 1.65. The molecule has 0 aromatic heterocycles. The van der Waals surface area contributed by atoms with Crippen LogP contribution in [0.5, 0.6) is 0 Å². The van der Waals surface area contributed by atoms with E-state index in [2.05, 4.69) is 4.74 Å². The molecule has 0 spiro atoms. The van der Waals surface area contributed by atoms with Crippen molar-refractivity contribution in [3.8, 4) is 0 Å². The van der Waals surface area contributed by atoms with E-state index >= 15 is 0 Å². The van der Waals surface area contributed by atoms with Crippen LogP contribution in [-0.2, 0) is 4.74 Å². The van der Waals surface area contributed by atoms with Crippen LogP contribution in [0.4, 0.5) is 8.78 Å². The van der Waals surface area contributed by atoms with E-state index in [0.29, 0.717) is 6.42 Å². The van der Waals surface area contributed by atoms with Gasteiger partial charge in [-0.25, -0.2) is 8.78 Å². The molecule has 0 heterocycles. The summed E-state index contributed by atoms with van der Waals surface area (Å²) in [6.07, 6.45) is -0.308. The zero-order valence-corrected chi connectivity index (χ0v) is 4.66. The average molecular weight is 122 g/mol. The molecule has 1 nitrogen and oxygen atoms in total. The molecular weight excluding hydrogens is 114 g/mol. The van der Waals surface area contributed by atoms with Crippen LogP contribution in [-0.4, -0.2) is 19.1 Å². The van der Waals surface area contributed by atoms with Gasteiger partial charge in [-0.15, -0.1) is 0 Å². The third kappa shape index (κ3) is 0.708. The molecule has 0 N–H and O–H groups in total. The van der Waals surface area contributed by atoms with Gasteiger partial charge in [-0.3, -0.25) is 0 Å². The van der Waals surface area contributed by atoms with Gasteiger partial charge in [0.2, 0.25) is 0 Å².